The molecule has 1 aromatic heterocycles. The zero-order valence-electron chi connectivity index (χ0n) is 7.32. The number of rotatable bonds is 1. The summed E-state index contributed by atoms with van der Waals surface area (Å²) in [5.41, 5.74) is 1.31. The van der Waals surface area contributed by atoms with Gasteiger partial charge in [-0.3, -0.25) is 4.79 Å². The third-order valence-electron chi connectivity index (χ3n) is 1.99. The van der Waals surface area contributed by atoms with Crippen LogP contribution >= 0.6 is 0 Å². The molecule has 2 rings (SSSR count). The molecule has 0 bridgehead atoms. The van der Waals surface area contributed by atoms with E-state index >= 15 is 0 Å². The fourth-order valence-electron chi connectivity index (χ4n) is 1.32. The van der Waals surface area contributed by atoms with E-state index in [-0.39, 0.29) is 5.56 Å². The van der Waals surface area contributed by atoms with Gasteiger partial charge < -0.3 is 4.98 Å². The molecule has 1 aromatic carbocycles. The van der Waals surface area contributed by atoms with Gasteiger partial charge in [-0.05, 0) is 17.7 Å². The monoisotopic (exact) mass is 185 g/mol. The molecule has 2 aromatic rings. The van der Waals surface area contributed by atoms with E-state index in [1.807, 2.05) is 6.07 Å². The summed E-state index contributed by atoms with van der Waals surface area (Å²) in [4.78, 5) is 17.9. The maximum Gasteiger partial charge on any atom is 0.258 e. The van der Waals surface area contributed by atoms with Crippen LogP contribution < -0.4 is 5.56 Å². The third-order valence-corrected chi connectivity index (χ3v) is 1.99. The summed E-state index contributed by atoms with van der Waals surface area (Å²) in [6.45, 7) is 0. The number of hydrogen-bond donors (Lipinski definition) is 1. The number of fused-ring (bicyclic) bond motifs is 1. The summed E-state index contributed by atoms with van der Waals surface area (Å²) in [7, 11) is 0. The molecule has 0 atom stereocenters. The summed E-state index contributed by atoms with van der Waals surface area (Å²) in [5.74, 6) is 0. The second-order valence-corrected chi connectivity index (χ2v) is 2.92. The molecule has 0 aliphatic rings. The molecule has 0 spiro atoms. The summed E-state index contributed by atoms with van der Waals surface area (Å²) in [6.07, 6.45) is 1.68. The molecule has 1 heterocycles. The zero-order valence-corrected chi connectivity index (χ0v) is 7.32. The van der Waals surface area contributed by atoms with Gasteiger partial charge in [-0.15, -0.1) is 0 Å². The molecule has 0 aliphatic carbocycles. The summed E-state index contributed by atoms with van der Waals surface area (Å²) in [6, 6.07) is 7.29. The van der Waals surface area contributed by atoms with E-state index in [0.29, 0.717) is 17.3 Å². The van der Waals surface area contributed by atoms with Gasteiger partial charge in [-0.1, -0.05) is 6.07 Å². The minimum Gasteiger partial charge on any atom is -0.313 e. The maximum absolute atomic E-state index is 11.4. The first-order valence-corrected chi connectivity index (χ1v) is 4.14. The Morgan fingerprint density at radius 2 is 2.36 bits per heavy atom. The average molecular weight is 185 g/mol. The number of nitriles is 1. The van der Waals surface area contributed by atoms with Crippen LogP contribution in [0.2, 0.25) is 0 Å². The lowest BCUT2D eigenvalue weighted by Crippen LogP contribution is -2.06. The fourth-order valence-corrected chi connectivity index (χ4v) is 1.32. The van der Waals surface area contributed by atoms with Crippen molar-refractivity contribution in [3.05, 3.63) is 40.4 Å². The minimum atomic E-state index is -0.171. The van der Waals surface area contributed by atoms with Crippen LogP contribution in [0.3, 0.4) is 0 Å². The molecule has 14 heavy (non-hydrogen) atoms. The largest absolute Gasteiger partial charge is 0.313 e. The van der Waals surface area contributed by atoms with Crippen LogP contribution in [0.1, 0.15) is 5.56 Å². The van der Waals surface area contributed by atoms with Crippen LogP contribution in [0.4, 0.5) is 0 Å². The lowest BCUT2D eigenvalue weighted by Gasteiger charge is -1.97. The Labute approximate surface area is 79.8 Å². The molecule has 4 heteroatoms. The second kappa shape index (κ2) is 3.30. The molecule has 0 saturated carbocycles. The van der Waals surface area contributed by atoms with Gasteiger partial charge in [0.25, 0.3) is 5.56 Å². The van der Waals surface area contributed by atoms with Gasteiger partial charge in [0.1, 0.15) is 0 Å². The van der Waals surface area contributed by atoms with E-state index in [2.05, 4.69) is 9.97 Å². The minimum absolute atomic E-state index is 0.171. The lowest BCUT2D eigenvalue weighted by atomic mass is 10.1. The molecule has 1 N–H and O–H groups in total. The van der Waals surface area contributed by atoms with Crippen molar-refractivity contribution in [2.45, 2.75) is 6.42 Å². The Kier molecular flexibility index (Phi) is 1.99. The summed E-state index contributed by atoms with van der Waals surface area (Å²) < 4.78 is 0. The van der Waals surface area contributed by atoms with Gasteiger partial charge in [0.15, 0.2) is 0 Å². The summed E-state index contributed by atoms with van der Waals surface area (Å²) in [5, 5.41) is 9.04. The molecule has 0 saturated heterocycles. The Bertz CT molecular complexity index is 565. The first kappa shape index (κ1) is 8.45. The van der Waals surface area contributed by atoms with Crippen molar-refractivity contribution in [3.63, 3.8) is 0 Å². The van der Waals surface area contributed by atoms with Gasteiger partial charge in [0.05, 0.1) is 29.7 Å². The van der Waals surface area contributed by atoms with Crippen molar-refractivity contribution < 1.29 is 0 Å². The van der Waals surface area contributed by atoms with Crippen LogP contribution in [-0.2, 0) is 6.42 Å². The van der Waals surface area contributed by atoms with E-state index in [4.69, 9.17) is 5.26 Å². The molecular weight excluding hydrogens is 178 g/mol. The van der Waals surface area contributed by atoms with Crippen molar-refractivity contribution in [1.82, 2.24) is 9.97 Å². The Hall–Kier alpha value is -2.15. The number of aromatic amines is 1. The van der Waals surface area contributed by atoms with Gasteiger partial charge in [0.2, 0.25) is 0 Å². The molecule has 0 amide bonds. The standard InChI is InChI=1S/C10H7N3O/c11-4-3-7-1-2-9-8(5-7)10(14)13-6-12-9/h1-2,5-6H,3H2,(H,12,13,14). The predicted octanol–water partition coefficient (Wildman–Crippen LogP) is 0.989. The van der Waals surface area contributed by atoms with Gasteiger partial charge in [-0.2, -0.15) is 5.26 Å². The first-order chi connectivity index (χ1) is 6.81. The zero-order chi connectivity index (χ0) is 9.97. The van der Waals surface area contributed by atoms with E-state index in [1.165, 1.54) is 6.33 Å². The Morgan fingerprint density at radius 1 is 1.50 bits per heavy atom. The van der Waals surface area contributed by atoms with Gasteiger partial charge >= 0.3 is 0 Å². The van der Waals surface area contributed by atoms with E-state index in [9.17, 15) is 4.79 Å². The molecule has 4 nitrogen and oxygen atoms in total. The smallest absolute Gasteiger partial charge is 0.258 e. The first-order valence-electron chi connectivity index (χ1n) is 4.14. The van der Waals surface area contributed by atoms with Gasteiger partial charge in [-0.25, -0.2) is 4.98 Å². The molecule has 0 unspecified atom stereocenters. The third kappa shape index (κ3) is 1.36. The number of nitrogens with one attached hydrogen (secondary N) is 1. The van der Waals surface area contributed by atoms with Crippen LogP contribution in [0.5, 0.6) is 0 Å². The quantitative estimate of drug-likeness (QED) is 0.720. The summed E-state index contributed by atoms with van der Waals surface area (Å²) >= 11 is 0. The van der Waals surface area contributed by atoms with Gasteiger partial charge in [0, 0.05) is 0 Å². The molecule has 68 valence electrons. The number of aromatic nitrogens is 2. The van der Waals surface area contributed by atoms with Crippen LogP contribution in [0.25, 0.3) is 10.9 Å². The highest BCUT2D eigenvalue weighted by molar-refractivity contribution is 5.77. The van der Waals surface area contributed by atoms with Crippen LogP contribution in [-0.4, -0.2) is 9.97 Å². The number of nitrogens with zero attached hydrogens (tertiary/aromatic N) is 2. The topological polar surface area (TPSA) is 69.5 Å². The van der Waals surface area contributed by atoms with E-state index in [1.54, 1.807) is 18.2 Å². The normalized spacial score (nSPS) is 9.93. The van der Waals surface area contributed by atoms with Crippen LogP contribution in [0, 0.1) is 11.3 Å². The van der Waals surface area contributed by atoms with Crippen molar-refractivity contribution in [3.8, 4) is 6.07 Å². The number of hydrogen-bond acceptors (Lipinski definition) is 3. The second-order valence-electron chi connectivity index (χ2n) is 2.92. The van der Waals surface area contributed by atoms with Crippen molar-refractivity contribution >= 4 is 10.9 Å². The molecule has 0 fully saturated rings. The number of benzene rings is 1. The van der Waals surface area contributed by atoms with E-state index in [0.717, 1.165) is 5.56 Å². The SMILES string of the molecule is N#CCc1ccc2nc[nH]c(=O)c2c1. The van der Waals surface area contributed by atoms with Crippen molar-refractivity contribution in [1.29, 1.82) is 5.26 Å². The lowest BCUT2D eigenvalue weighted by molar-refractivity contribution is 1.16. The predicted molar refractivity (Wildman–Crippen MR) is 51.7 cm³/mol. The Balaban J connectivity index is 2.71. The molecular formula is C10H7N3O. The Morgan fingerprint density at radius 3 is 3.14 bits per heavy atom. The molecule has 0 aliphatic heterocycles. The number of H-pyrrole nitrogens is 1. The average Bonchev–Trinajstić information content (AvgIpc) is 2.20. The highest BCUT2D eigenvalue weighted by Crippen LogP contribution is 2.09. The van der Waals surface area contributed by atoms with Crippen LogP contribution in [0.15, 0.2) is 29.3 Å². The van der Waals surface area contributed by atoms with Crippen molar-refractivity contribution in [2.24, 2.45) is 0 Å². The highest BCUT2D eigenvalue weighted by Gasteiger charge is 2.00. The maximum atomic E-state index is 11.4. The highest BCUT2D eigenvalue weighted by atomic mass is 16.1. The van der Waals surface area contributed by atoms with E-state index < -0.39 is 0 Å². The molecule has 0 radical (unpaired) electrons. The fraction of sp³-hybridized carbons (Fsp3) is 0.100. The van der Waals surface area contributed by atoms with Crippen molar-refractivity contribution in [2.75, 3.05) is 0 Å².